The molecule has 0 N–H and O–H groups in total. The third-order valence-corrected chi connectivity index (χ3v) is 3.93. The van der Waals surface area contributed by atoms with E-state index in [4.69, 9.17) is 9.47 Å². The first kappa shape index (κ1) is 19.4. The summed E-state index contributed by atoms with van der Waals surface area (Å²) in [4.78, 5) is 28.6. The van der Waals surface area contributed by atoms with Gasteiger partial charge in [0.25, 0.3) is 0 Å². The molecule has 0 saturated carbocycles. The van der Waals surface area contributed by atoms with E-state index in [2.05, 4.69) is 4.98 Å². The molecular weight excluding hydrogens is 332 g/mol. The van der Waals surface area contributed by atoms with Crippen LogP contribution >= 0.6 is 0 Å². The van der Waals surface area contributed by atoms with Crippen LogP contribution < -0.4 is 9.64 Å². The van der Waals surface area contributed by atoms with Crippen LogP contribution in [0.15, 0.2) is 42.7 Å². The molecule has 1 heterocycles. The Balaban J connectivity index is 2.11. The Labute approximate surface area is 153 Å². The number of anilines is 1. The minimum atomic E-state index is -0.851. The van der Waals surface area contributed by atoms with Gasteiger partial charge in [-0.1, -0.05) is 45.9 Å². The standard InChI is InChI=1S/C20H24N2O4/c1-14(2)17-8-5-9-18(15(3)4)19(17)26-20(24)25-13-22(12-23)16-7-6-10-21-11-16/h5-12,14-15H,13H2,1-4H3. The molecule has 1 aromatic heterocycles. The number of pyridine rings is 1. The van der Waals surface area contributed by atoms with E-state index in [0.29, 0.717) is 17.8 Å². The molecule has 6 nitrogen and oxygen atoms in total. The van der Waals surface area contributed by atoms with Gasteiger partial charge < -0.3 is 9.47 Å². The van der Waals surface area contributed by atoms with Crippen LogP contribution in [0.1, 0.15) is 50.7 Å². The van der Waals surface area contributed by atoms with Gasteiger partial charge in [0.15, 0.2) is 6.73 Å². The van der Waals surface area contributed by atoms with Crippen LogP contribution in [-0.2, 0) is 9.53 Å². The summed E-state index contributed by atoms with van der Waals surface area (Å²) < 4.78 is 10.6. The van der Waals surface area contributed by atoms with E-state index < -0.39 is 6.16 Å². The number of amides is 1. The summed E-state index contributed by atoms with van der Waals surface area (Å²) in [5.74, 6) is 0.915. The van der Waals surface area contributed by atoms with Crippen LogP contribution in [0.4, 0.5) is 10.5 Å². The molecule has 0 aliphatic carbocycles. The number of rotatable bonds is 7. The largest absolute Gasteiger partial charge is 0.515 e. The Morgan fingerprint density at radius 1 is 1.12 bits per heavy atom. The maximum Gasteiger partial charge on any atom is 0.515 e. The highest BCUT2D eigenvalue weighted by Gasteiger charge is 2.19. The maximum atomic E-state index is 12.2. The lowest BCUT2D eigenvalue weighted by Crippen LogP contribution is -2.27. The summed E-state index contributed by atoms with van der Waals surface area (Å²) in [6.45, 7) is 7.89. The Morgan fingerprint density at radius 3 is 2.27 bits per heavy atom. The molecule has 0 aliphatic heterocycles. The zero-order valence-electron chi connectivity index (χ0n) is 15.5. The Kier molecular flexibility index (Phi) is 6.72. The number of nitrogens with zero attached hydrogens (tertiary/aromatic N) is 2. The molecule has 0 bridgehead atoms. The number of ether oxygens (including phenoxy) is 2. The van der Waals surface area contributed by atoms with Crippen LogP contribution in [0, 0.1) is 0 Å². The van der Waals surface area contributed by atoms with E-state index in [9.17, 15) is 9.59 Å². The second kappa shape index (κ2) is 8.99. The first-order chi connectivity index (χ1) is 12.4. The Morgan fingerprint density at radius 2 is 1.77 bits per heavy atom. The predicted molar refractivity (Wildman–Crippen MR) is 99.4 cm³/mol. The lowest BCUT2D eigenvalue weighted by atomic mass is 9.94. The highest BCUT2D eigenvalue weighted by Crippen LogP contribution is 2.34. The first-order valence-electron chi connectivity index (χ1n) is 8.53. The summed E-state index contributed by atoms with van der Waals surface area (Å²) in [5, 5.41) is 0. The van der Waals surface area contributed by atoms with Crippen LogP contribution in [0.3, 0.4) is 0 Å². The average molecular weight is 356 g/mol. The number of hydrogen-bond donors (Lipinski definition) is 0. The highest BCUT2D eigenvalue weighted by atomic mass is 16.7. The van der Waals surface area contributed by atoms with Crippen molar-refractivity contribution in [1.29, 1.82) is 0 Å². The summed E-state index contributed by atoms with van der Waals surface area (Å²) in [5.41, 5.74) is 2.40. The molecule has 2 rings (SSSR count). The van der Waals surface area contributed by atoms with E-state index in [1.807, 2.05) is 45.9 Å². The van der Waals surface area contributed by atoms with E-state index in [1.54, 1.807) is 18.3 Å². The van der Waals surface area contributed by atoms with Gasteiger partial charge in [-0.2, -0.15) is 0 Å². The molecule has 0 saturated heterocycles. The van der Waals surface area contributed by atoms with E-state index >= 15 is 0 Å². The molecule has 2 aromatic rings. The van der Waals surface area contributed by atoms with E-state index in [0.717, 1.165) is 11.1 Å². The lowest BCUT2D eigenvalue weighted by Gasteiger charge is -2.20. The summed E-state index contributed by atoms with van der Waals surface area (Å²) in [6.07, 6.45) is 2.83. The average Bonchev–Trinajstić information content (AvgIpc) is 2.63. The van der Waals surface area contributed by atoms with Gasteiger partial charge in [0.05, 0.1) is 11.9 Å². The van der Waals surface area contributed by atoms with Crippen molar-refractivity contribution in [2.24, 2.45) is 0 Å². The molecule has 0 atom stereocenters. The third-order valence-electron chi connectivity index (χ3n) is 3.93. The predicted octanol–water partition coefficient (Wildman–Crippen LogP) is 4.46. The second-order valence-electron chi connectivity index (χ2n) is 6.49. The molecule has 0 unspecified atom stereocenters. The monoisotopic (exact) mass is 356 g/mol. The maximum absolute atomic E-state index is 12.2. The summed E-state index contributed by atoms with van der Waals surface area (Å²) >= 11 is 0. The van der Waals surface area contributed by atoms with Gasteiger partial charge in [0.2, 0.25) is 6.41 Å². The summed E-state index contributed by atoms with van der Waals surface area (Å²) in [6, 6.07) is 9.22. The molecule has 0 spiro atoms. The Bertz CT molecular complexity index is 718. The molecular formula is C20H24N2O4. The SMILES string of the molecule is CC(C)c1cccc(C(C)C)c1OC(=O)OCN(C=O)c1cccnc1. The van der Waals surface area contributed by atoms with Crippen LogP contribution in [-0.4, -0.2) is 24.3 Å². The van der Waals surface area contributed by atoms with Gasteiger partial charge in [0, 0.05) is 6.20 Å². The van der Waals surface area contributed by atoms with Crippen molar-refractivity contribution in [1.82, 2.24) is 4.98 Å². The molecule has 1 amide bonds. The van der Waals surface area contributed by atoms with Crippen LogP contribution in [0.5, 0.6) is 5.75 Å². The third kappa shape index (κ3) is 4.81. The number of para-hydroxylation sites is 1. The minimum Gasteiger partial charge on any atom is -0.412 e. The van der Waals surface area contributed by atoms with Gasteiger partial charge in [0.1, 0.15) is 5.75 Å². The van der Waals surface area contributed by atoms with E-state index in [-0.39, 0.29) is 18.6 Å². The fourth-order valence-corrected chi connectivity index (χ4v) is 2.53. The molecule has 6 heteroatoms. The lowest BCUT2D eigenvalue weighted by molar-refractivity contribution is -0.108. The van der Waals surface area contributed by atoms with Crippen molar-refractivity contribution < 1.29 is 19.1 Å². The van der Waals surface area contributed by atoms with Crippen molar-refractivity contribution in [2.45, 2.75) is 39.5 Å². The molecule has 26 heavy (non-hydrogen) atoms. The van der Waals surface area contributed by atoms with Crippen molar-refractivity contribution >= 4 is 18.3 Å². The zero-order valence-corrected chi connectivity index (χ0v) is 15.5. The number of hydrogen-bond acceptors (Lipinski definition) is 5. The quantitative estimate of drug-likeness (QED) is 0.317. The number of carbonyl (C=O) groups is 2. The van der Waals surface area contributed by atoms with Crippen molar-refractivity contribution in [2.75, 3.05) is 11.6 Å². The number of carbonyl (C=O) groups excluding carboxylic acids is 2. The summed E-state index contributed by atoms with van der Waals surface area (Å²) in [7, 11) is 0. The van der Waals surface area contributed by atoms with Gasteiger partial charge in [-0.05, 0) is 35.1 Å². The normalized spacial score (nSPS) is 10.7. The number of aromatic nitrogens is 1. The molecule has 0 aliphatic rings. The van der Waals surface area contributed by atoms with E-state index in [1.165, 1.54) is 11.1 Å². The Hall–Kier alpha value is -2.89. The van der Waals surface area contributed by atoms with Crippen molar-refractivity contribution in [3.8, 4) is 5.75 Å². The van der Waals surface area contributed by atoms with Gasteiger partial charge in [-0.15, -0.1) is 0 Å². The second-order valence-corrected chi connectivity index (χ2v) is 6.49. The highest BCUT2D eigenvalue weighted by molar-refractivity contribution is 5.75. The molecule has 0 fully saturated rings. The van der Waals surface area contributed by atoms with Gasteiger partial charge >= 0.3 is 6.16 Å². The molecule has 138 valence electrons. The minimum absolute atomic E-state index is 0.193. The van der Waals surface area contributed by atoms with Crippen molar-refractivity contribution in [3.05, 3.63) is 53.9 Å². The fraction of sp³-hybridized carbons (Fsp3) is 0.350. The van der Waals surface area contributed by atoms with Gasteiger partial charge in [-0.25, -0.2) is 4.79 Å². The van der Waals surface area contributed by atoms with Crippen LogP contribution in [0.25, 0.3) is 0 Å². The van der Waals surface area contributed by atoms with Crippen molar-refractivity contribution in [3.63, 3.8) is 0 Å². The van der Waals surface area contributed by atoms with Gasteiger partial charge in [-0.3, -0.25) is 14.7 Å². The fourth-order valence-electron chi connectivity index (χ4n) is 2.53. The first-order valence-corrected chi connectivity index (χ1v) is 8.53. The van der Waals surface area contributed by atoms with Crippen LogP contribution in [0.2, 0.25) is 0 Å². The number of benzene rings is 1. The smallest absolute Gasteiger partial charge is 0.412 e. The zero-order chi connectivity index (χ0) is 19.1. The molecule has 1 aromatic carbocycles. The molecule has 0 radical (unpaired) electrons. The topological polar surface area (TPSA) is 68.7 Å².